The maximum absolute atomic E-state index is 12.1. The molecule has 3 aromatic rings. The summed E-state index contributed by atoms with van der Waals surface area (Å²) in [5, 5.41) is 4.18. The molecule has 1 aromatic heterocycles. The Kier molecular flexibility index (Phi) is 6.01. The monoisotopic (exact) mass is 453 g/mol. The van der Waals surface area contributed by atoms with Gasteiger partial charge < -0.3 is 15.8 Å². The van der Waals surface area contributed by atoms with E-state index in [0.717, 1.165) is 36.6 Å². The lowest BCUT2D eigenvalue weighted by Gasteiger charge is -2.19. The molecular formula is C23H27N5O3S. The summed E-state index contributed by atoms with van der Waals surface area (Å²) in [5.74, 6) is 0.674. The molecule has 1 amide bonds. The van der Waals surface area contributed by atoms with Gasteiger partial charge >= 0.3 is 0 Å². The predicted octanol–water partition coefficient (Wildman–Crippen LogP) is 4.46. The lowest BCUT2D eigenvalue weighted by molar-refractivity contribution is 0.0999. The van der Waals surface area contributed by atoms with Crippen molar-refractivity contribution in [2.24, 2.45) is 10.1 Å². The lowest BCUT2D eigenvalue weighted by Crippen LogP contribution is -2.15. The van der Waals surface area contributed by atoms with Gasteiger partial charge in [-0.05, 0) is 68.5 Å². The second-order valence-corrected chi connectivity index (χ2v) is 10.9. The molecule has 0 bridgehead atoms. The van der Waals surface area contributed by atoms with Gasteiger partial charge in [-0.1, -0.05) is 0 Å². The highest BCUT2D eigenvalue weighted by Crippen LogP contribution is 2.35. The Morgan fingerprint density at radius 1 is 1.19 bits per heavy atom. The minimum Gasteiger partial charge on any atom is -0.488 e. The minimum absolute atomic E-state index is 0.115. The van der Waals surface area contributed by atoms with Crippen LogP contribution in [0.25, 0.3) is 10.9 Å². The Morgan fingerprint density at radius 3 is 2.62 bits per heavy atom. The Balaban J connectivity index is 1.75. The largest absolute Gasteiger partial charge is 0.488 e. The van der Waals surface area contributed by atoms with Crippen molar-refractivity contribution in [2.45, 2.75) is 38.7 Å². The molecule has 9 heteroatoms. The number of nitrogens with two attached hydrogens (primary N) is 1. The fourth-order valence-electron chi connectivity index (χ4n) is 3.96. The number of carbonyl (C=O) groups excluding carboxylic acids is 1. The van der Waals surface area contributed by atoms with Crippen LogP contribution in [-0.2, 0) is 9.73 Å². The van der Waals surface area contributed by atoms with Crippen molar-refractivity contribution in [1.29, 1.82) is 0 Å². The number of hydrogen-bond donors (Lipinski definition) is 2. The molecule has 168 valence electrons. The third-order valence-electron chi connectivity index (χ3n) is 5.36. The van der Waals surface area contributed by atoms with E-state index in [4.69, 9.17) is 10.5 Å². The summed E-state index contributed by atoms with van der Waals surface area (Å²) in [6.07, 6.45) is 9.02. The number of ether oxygens (including phenoxy) is 1. The van der Waals surface area contributed by atoms with E-state index in [-0.39, 0.29) is 6.10 Å². The number of carbonyl (C=O) groups is 1. The molecule has 1 aliphatic carbocycles. The molecule has 1 aliphatic rings. The summed E-state index contributed by atoms with van der Waals surface area (Å²) in [4.78, 5) is 20.5. The molecule has 0 spiro atoms. The number of anilines is 2. The minimum atomic E-state index is -2.29. The second-order valence-electron chi connectivity index (χ2n) is 8.38. The zero-order chi connectivity index (χ0) is 22.9. The van der Waals surface area contributed by atoms with Crippen LogP contribution in [0.15, 0.2) is 41.0 Å². The van der Waals surface area contributed by atoms with Crippen LogP contribution in [0.2, 0.25) is 0 Å². The molecule has 3 N–H and O–H groups in total. The van der Waals surface area contributed by atoms with Gasteiger partial charge in [0.05, 0.1) is 23.0 Å². The average Bonchev–Trinajstić information content (AvgIpc) is 3.20. The van der Waals surface area contributed by atoms with Gasteiger partial charge in [0.2, 0.25) is 5.91 Å². The van der Waals surface area contributed by atoms with Crippen molar-refractivity contribution in [3.63, 3.8) is 0 Å². The number of benzene rings is 2. The van der Waals surface area contributed by atoms with Gasteiger partial charge in [-0.25, -0.2) is 14.2 Å². The molecule has 2 aromatic carbocycles. The summed E-state index contributed by atoms with van der Waals surface area (Å²) in [5.41, 5.74) is 8.78. The molecular weight excluding hydrogens is 426 g/mol. The number of nitrogens with zero attached hydrogens (tertiary/aromatic N) is 3. The maximum Gasteiger partial charge on any atom is 0.248 e. The first kappa shape index (κ1) is 22.0. The standard InChI is InChI=1S/C23H27N5O3S/c1-14-10-16(28-32(2,3)30)12-19-21(14)23(26-13-25-19)27-18-9-8-15(22(24)29)11-20(18)31-17-6-4-5-7-17/h8-13,17H,4-7H2,1-3H3,(H2,24,29)(H,25,26,27). The smallest absolute Gasteiger partial charge is 0.248 e. The Labute approximate surface area is 187 Å². The van der Waals surface area contributed by atoms with E-state index in [0.29, 0.717) is 34.0 Å². The molecule has 0 saturated heterocycles. The second kappa shape index (κ2) is 8.74. The number of aromatic nitrogens is 2. The summed E-state index contributed by atoms with van der Waals surface area (Å²) >= 11 is 0. The zero-order valence-electron chi connectivity index (χ0n) is 18.4. The number of hydrogen-bond acceptors (Lipinski definition) is 7. The van der Waals surface area contributed by atoms with Gasteiger partial charge in [0.25, 0.3) is 0 Å². The highest BCUT2D eigenvalue weighted by atomic mass is 32.2. The number of aryl methyl sites for hydroxylation is 1. The number of amides is 1. The third-order valence-corrected chi connectivity index (χ3v) is 6.01. The van der Waals surface area contributed by atoms with E-state index in [1.165, 1.54) is 6.33 Å². The van der Waals surface area contributed by atoms with Crippen molar-refractivity contribution in [3.8, 4) is 5.75 Å². The highest BCUT2D eigenvalue weighted by molar-refractivity contribution is 7.92. The van der Waals surface area contributed by atoms with Crippen LogP contribution in [0.3, 0.4) is 0 Å². The predicted molar refractivity (Wildman–Crippen MR) is 127 cm³/mol. The quantitative estimate of drug-likeness (QED) is 0.569. The van der Waals surface area contributed by atoms with Crippen molar-refractivity contribution >= 4 is 43.7 Å². The van der Waals surface area contributed by atoms with E-state index in [1.807, 2.05) is 13.0 Å². The normalized spacial score (nSPS) is 14.5. The summed E-state index contributed by atoms with van der Waals surface area (Å²) in [7, 11) is -2.29. The fraction of sp³-hybridized carbons (Fsp3) is 0.348. The van der Waals surface area contributed by atoms with Gasteiger partial charge in [0.1, 0.15) is 17.9 Å². The van der Waals surface area contributed by atoms with Gasteiger partial charge in [0.15, 0.2) is 0 Å². The van der Waals surface area contributed by atoms with Crippen LogP contribution in [0.4, 0.5) is 17.2 Å². The van der Waals surface area contributed by atoms with Crippen molar-refractivity contribution in [2.75, 3.05) is 17.8 Å². The topological polar surface area (TPSA) is 120 Å². The molecule has 0 atom stereocenters. The van der Waals surface area contributed by atoms with Crippen molar-refractivity contribution in [1.82, 2.24) is 9.97 Å². The number of rotatable bonds is 6. The van der Waals surface area contributed by atoms with Gasteiger partial charge in [-0.3, -0.25) is 4.79 Å². The molecule has 1 saturated carbocycles. The van der Waals surface area contributed by atoms with Crippen LogP contribution < -0.4 is 15.8 Å². The molecule has 1 fully saturated rings. The van der Waals surface area contributed by atoms with Crippen LogP contribution in [0.5, 0.6) is 5.75 Å². The number of primary amides is 1. The molecule has 1 heterocycles. The van der Waals surface area contributed by atoms with E-state index < -0.39 is 15.6 Å². The van der Waals surface area contributed by atoms with Gasteiger partial charge in [-0.15, -0.1) is 0 Å². The van der Waals surface area contributed by atoms with Crippen LogP contribution in [0.1, 0.15) is 41.6 Å². The Bertz CT molecular complexity index is 1300. The van der Waals surface area contributed by atoms with Crippen LogP contribution >= 0.6 is 0 Å². The van der Waals surface area contributed by atoms with Crippen molar-refractivity contribution < 1.29 is 13.7 Å². The molecule has 0 aliphatic heterocycles. The molecule has 0 radical (unpaired) electrons. The van der Waals surface area contributed by atoms with Crippen LogP contribution in [0, 0.1) is 6.92 Å². The first-order chi connectivity index (χ1) is 15.2. The van der Waals surface area contributed by atoms with Crippen molar-refractivity contribution in [3.05, 3.63) is 47.8 Å². The fourth-order valence-corrected chi connectivity index (χ4v) is 4.58. The highest BCUT2D eigenvalue weighted by Gasteiger charge is 2.20. The Hall–Kier alpha value is -3.20. The summed E-state index contributed by atoms with van der Waals surface area (Å²) in [6, 6.07) is 8.79. The van der Waals surface area contributed by atoms with E-state index in [1.54, 1.807) is 36.8 Å². The maximum atomic E-state index is 12.1. The Morgan fingerprint density at radius 2 is 1.94 bits per heavy atom. The molecule has 32 heavy (non-hydrogen) atoms. The molecule has 8 nitrogen and oxygen atoms in total. The molecule has 0 unspecified atom stereocenters. The van der Waals surface area contributed by atoms with E-state index in [9.17, 15) is 9.00 Å². The number of nitrogens with one attached hydrogen (secondary N) is 1. The average molecular weight is 454 g/mol. The number of fused-ring (bicyclic) bond motifs is 1. The van der Waals surface area contributed by atoms with E-state index in [2.05, 4.69) is 19.6 Å². The van der Waals surface area contributed by atoms with Crippen LogP contribution in [-0.4, -0.2) is 38.7 Å². The molecule has 4 rings (SSSR count). The van der Waals surface area contributed by atoms with E-state index >= 15 is 0 Å². The first-order valence-electron chi connectivity index (χ1n) is 10.5. The third kappa shape index (κ3) is 4.99. The summed E-state index contributed by atoms with van der Waals surface area (Å²) < 4.78 is 22.6. The first-order valence-corrected chi connectivity index (χ1v) is 12.8. The lowest BCUT2D eigenvalue weighted by atomic mass is 10.1. The zero-order valence-corrected chi connectivity index (χ0v) is 19.2. The van der Waals surface area contributed by atoms with Gasteiger partial charge in [0, 0.05) is 33.2 Å². The summed E-state index contributed by atoms with van der Waals surface area (Å²) in [6.45, 7) is 1.94. The SMILES string of the molecule is Cc1cc(N=S(C)(C)=O)cc2ncnc(Nc3ccc(C(N)=O)cc3OC3CCCC3)c12. The van der Waals surface area contributed by atoms with Gasteiger partial charge in [-0.2, -0.15) is 4.36 Å².